The van der Waals surface area contributed by atoms with Gasteiger partial charge < -0.3 is 4.74 Å². The van der Waals surface area contributed by atoms with Crippen molar-refractivity contribution in [1.82, 2.24) is 4.72 Å². The van der Waals surface area contributed by atoms with Gasteiger partial charge in [-0.1, -0.05) is 6.92 Å². The first kappa shape index (κ1) is 14.1. The molecule has 8 heteroatoms. The Kier molecular flexibility index (Phi) is 3.48. The Bertz CT molecular complexity index is 583. The minimum Gasteiger partial charge on any atom is -0.406 e. The lowest BCUT2D eigenvalue weighted by Gasteiger charge is -2.12. The van der Waals surface area contributed by atoms with Crippen LogP contribution in [-0.2, 0) is 16.4 Å². The van der Waals surface area contributed by atoms with Crippen LogP contribution in [0.4, 0.5) is 13.2 Å². The van der Waals surface area contributed by atoms with Crippen LogP contribution < -0.4 is 9.46 Å². The molecule has 1 aliphatic heterocycles. The van der Waals surface area contributed by atoms with E-state index >= 15 is 0 Å². The average Bonchev–Trinajstić information content (AvgIpc) is 2.34. The normalized spacial score (nSPS) is 22.4. The first-order valence-electron chi connectivity index (χ1n) is 5.56. The van der Waals surface area contributed by atoms with Crippen LogP contribution in [0.25, 0.3) is 0 Å². The Morgan fingerprint density at radius 2 is 2.05 bits per heavy atom. The summed E-state index contributed by atoms with van der Waals surface area (Å²) in [6.07, 6.45) is -4.42. The molecule has 106 valence electrons. The van der Waals surface area contributed by atoms with E-state index < -0.39 is 22.1 Å². The SMILES string of the molecule is C[C@@H]1CNS(=O)(=O)c2ccc(OC(F)(F)F)cc2C1. The minimum atomic E-state index is -4.79. The van der Waals surface area contributed by atoms with Gasteiger partial charge in [-0.3, -0.25) is 0 Å². The fraction of sp³-hybridized carbons (Fsp3) is 0.455. The smallest absolute Gasteiger partial charge is 0.406 e. The number of sulfonamides is 1. The molecule has 0 saturated heterocycles. The number of alkyl halides is 3. The third kappa shape index (κ3) is 3.38. The van der Waals surface area contributed by atoms with Crippen molar-refractivity contribution in [3.63, 3.8) is 0 Å². The lowest BCUT2D eigenvalue weighted by molar-refractivity contribution is -0.274. The fourth-order valence-corrected chi connectivity index (χ4v) is 3.35. The van der Waals surface area contributed by atoms with Crippen molar-refractivity contribution in [2.24, 2.45) is 5.92 Å². The van der Waals surface area contributed by atoms with Crippen molar-refractivity contribution in [3.8, 4) is 5.75 Å². The summed E-state index contributed by atoms with van der Waals surface area (Å²) in [6.45, 7) is 2.07. The molecule has 1 aliphatic rings. The highest BCUT2D eigenvalue weighted by atomic mass is 32.2. The summed E-state index contributed by atoms with van der Waals surface area (Å²) in [4.78, 5) is 0.00590. The molecule has 0 amide bonds. The van der Waals surface area contributed by atoms with Crippen molar-refractivity contribution in [2.75, 3.05) is 6.54 Å². The van der Waals surface area contributed by atoms with E-state index in [0.717, 1.165) is 18.2 Å². The molecule has 0 bridgehead atoms. The predicted molar refractivity (Wildman–Crippen MR) is 61.2 cm³/mol. The molecule has 2 rings (SSSR count). The van der Waals surface area contributed by atoms with Crippen LogP contribution in [0.5, 0.6) is 5.75 Å². The van der Waals surface area contributed by atoms with Gasteiger partial charge in [0.05, 0.1) is 4.90 Å². The van der Waals surface area contributed by atoms with Gasteiger partial charge in [0, 0.05) is 6.54 Å². The lowest BCUT2D eigenvalue weighted by Crippen LogP contribution is -2.26. The van der Waals surface area contributed by atoms with E-state index in [1.807, 2.05) is 6.92 Å². The Hall–Kier alpha value is -1.28. The van der Waals surface area contributed by atoms with E-state index in [1.165, 1.54) is 0 Å². The van der Waals surface area contributed by atoms with E-state index in [0.29, 0.717) is 12.0 Å². The zero-order chi connectivity index (χ0) is 14.3. The van der Waals surface area contributed by atoms with E-state index in [-0.39, 0.29) is 17.4 Å². The summed E-state index contributed by atoms with van der Waals surface area (Å²) in [5.74, 6) is -0.410. The maximum atomic E-state index is 12.1. The van der Waals surface area contributed by atoms with E-state index in [9.17, 15) is 21.6 Å². The van der Waals surface area contributed by atoms with Gasteiger partial charge in [0.1, 0.15) is 5.75 Å². The molecular weight excluding hydrogens is 283 g/mol. The average molecular weight is 295 g/mol. The van der Waals surface area contributed by atoms with E-state index in [1.54, 1.807) is 0 Å². The molecule has 0 radical (unpaired) electrons. The number of ether oxygens (including phenoxy) is 1. The van der Waals surface area contributed by atoms with Crippen LogP contribution in [0, 0.1) is 5.92 Å². The third-order valence-electron chi connectivity index (χ3n) is 2.75. The summed E-state index contributed by atoms with van der Waals surface area (Å²) < 4.78 is 66.3. The standard InChI is InChI=1S/C11H12F3NO3S/c1-7-4-8-5-9(18-11(12,13)14)2-3-10(8)19(16,17)15-6-7/h2-3,5,7,15H,4,6H2,1H3/t7-/m0/s1. The van der Waals surface area contributed by atoms with Gasteiger partial charge in [-0.2, -0.15) is 0 Å². The first-order valence-corrected chi connectivity index (χ1v) is 7.04. The quantitative estimate of drug-likeness (QED) is 0.863. The van der Waals surface area contributed by atoms with Gasteiger partial charge in [-0.25, -0.2) is 13.1 Å². The van der Waals surface area contributed by atoms with Crippen LogP contribution in [0.15, 0.2) is 23.1 Å². The Morgan fingerprint density at radius 3 is 2.68 bits per heavy atom. The number of hydrogen-bond donors (Lipinski definition) is 1. The molecule has 0 fully saturated rings. The Morgan fingerprint density at radius 1 is 1.37 bits per heavy atom. The molecule has 19 heavy (non-hydrogen) atoms. The van der Waals surface area contributed by atoms with E-state index in [4.69, 9.17) is 0 Å². The second-order valence-corrected chi connectivity index (χ2v) is 6.21. The highest BCUT2D eigenvalue weighted by molar-refractivity contribution is 7.89. The number of rotatable bonds is 1. The summed E-state index contributed by atoms with van der Waals surface area (Å²) in [5, 5.41) is 0. The van der Waals surface area contributed by atoms with Gasteiger partial charge in [0.2, 0.25) is 10.0 Å². The third-order valence-corrected chi connectivity index (χ3v) is 4.27. The number of nitrogens with one attached hydrogen (secondary N) is 1. The number of benzene rings is 1. The van der Waals surface area contributed by atoms with Gasteiger partial charge in [0.25, 0.3) is 0 Å². The monoisotopic (exact) mass is 295 g/mol. The topological polar surface area (TPSA) is 55.4 Å². The molecule has 0 spiro atoms. The Labute approximate surface area is 108 Å². The molecule has 0 unspecified atom stereocenters. The molecule has 4 nitrogen and oxygen atoms in total. The molecule has 1 N–H and O–H groups in total. The highest BCUT2D eigenvalue weighted by Gasteiger charge is 2.32. The molecular formula is C11H12F3NO3S. The number of halogens is 3. The molecule has 1 atom stereocenters. The second kappa shape index (κ2) is 4.68. The van der Waals surface area contributed by atoms with E-state index in [2.05, 4.69) is 9.46 Å². The number of fused-ring (bicyclic) bond motifs is 1. The van der Waals surface area contributed by atoms with Crippen LogP contribution in [0.1, 0.15) is 12.5 Å². The van der Waals surface area contributed by atoms with Crippen molar-refractivity contribution in [1.29, 1.82) is 0 Å². The summed E-state index contributed by atoms with van der Waals surface area (Å²) in [6, 6.07) is 3.27. The minimum absolute atomic E-state index is 0.00263. The van der Waals surface area contributed by atoms with Gasteiger partial charge in [0.15, 0.2) is 0 Å². The zero-order valence-electron chi connectivity index (χ0n) is 9.99. The molecule has 1 aromatic carbocycles. The van der Waals surface area contributed by atoms with Crippen molar-refractivity contribution >= 4 is 10.0 Å². The fourth-order valence-electron chi connectivity index (χ4n) is 1.95. The van der Waals surface area contributed by atoms with Crippen molar-refractivity contribution in [2.45, 2.75) is 24.6 Å². The second-order valence-electron chi connectivity index (χ2n) is 4.48. The summed E-state index contributed by atoms with van der Waals surface area (Å²) in [7, 11) is -3.66. The molecule has 1 heterocycles. The van der Waals surface area contributed by atoms with Crippen molar-refractivity contribution in [3.05, 3.63) is 23.8 Å². The van der Waals surface area contributed by atoms with Crippen LogP contribution in [0.3, 0.4) is 0 Å². The van der Waals surface area contributed by atoms with Gasteiger partial charge in [-0.05, 0) is 36.1 Å². The Balaban J connectivity index is 2.43. The lowest BCUT2D eigenvalue weighted by atomic mass is 10.0. The number of hydrogen-bond acceptors (Lipinski definition) is 3. The zero-order valence-corrected chi connectivity index (χ0v) is 10.8. The maximum absolute atomic E-state index is 12.1. The van der Waals surface area contributed by atoms with Crippen molar-refractivity contribution < 1.29 is 26.3 Å². The summed E-state index contributed by atoms with van der Waals surface area (Å²) in [5.41, 5.74) is 0.333. The maximum Gasteiger partial charge on any atom is 0.573 e. The summed E-state index contributed by atoms with van der Waals surface area (Å²) >= 11 is 0. The first-order chi connectivity index (χ1) is 8.67. The van der Waals surface area contributed by atoms with Crippen LogP contribution >= 0.6 is 0 Å². The largest absolute Gasteiger partial charge is 0.573 e. The molecule has 0 saturated carbocycles. The molecule has 0 aliphatic carbocycles. The van der Waals surface area contributed by atoms with Gasteiger partial charge >= 0.3 is 6.36 Å². The molecule has 0 aromatic heterocycles. The van der Waals surface area contributed by atoms with Crippen LogP contribution in [-0.4, -0.2) is 21.3 Å². The van der Waals surface area contributed by atoms with Crippen LogP contribution in [0.2, 0.25) is 0 Å². The highest BCUT2D eigenvalue weighted by Crippen LogP contribution is 2.29. The predicted octanol–water partition coefficient (Wildman–Crippen LogP) is 2.06. The van der Waals surface area contributed by atoms with Gasteiger partial charge in [-0.15, -0.1) is 13.2 Å². The molecule has 1 aromatic rings.